The lowest BCUT2D eigenvalue weighted by Crippen LogP contribution is -2.49. The van der Waals surface area contributed by atoms with Crippen LogP contribution in [0.5, 0.6) is 17.2 Å². The average molecular weight is 497 g/mol. The molecule has 3 rings (SSSR count). The number of phenolic OH excluding ortho intramolecular Hbond substituents is 1. The van der Waals surface area contributed by atoms with Crippen molar-refractivity contribution >= 4 is 40.9 Å². The Morgan fingerprint density at radius 3 is 2.39 bits per heavy atom. The predicted molar refractivity (Wildman–Crippen MR) is 126 cm³/mol. The normalized spacial score (nSPS) is 14.6. The van der Waals surface area contributed by atoms with E-state index < -0.39 is 18.5 Å². The van der Waals surface area contributed by atoms with Crippen LogP contribution in [0.1, 0.15) is 31.7 Å². The minimum absolute atomic E-state index is 0.112. The van der Waals surface area contributed by atoms with E-state index >= 15 is 0 Å². The van der Waals surface area contributed by atoms with Gasteiger partial charge in [0, 0.05) is 24.3 Å². The second-order valence-electron chi connectivity index (χ2n) is 7.73. The SMILES string of the molecule is CCC(C)c1cc(Oc2c(Cl)cc(N(CC(=O)O)C(=O)N3CCOCC3)cc2Cl)ccc1O. The molecule has 1 fully saturated rings. The summed E-state index contributed by atoms with van der Waals surface area (Å²) in [7, 11) is 0. The van der Waals surface area contributed by atoms with E-state index in [0.29, 0.717) is 32.1 Å². The maximum Gasteiger partial charge on any atom is 0.325 e. The number of carbonyl (C=O) groups is 2. The first kappa shape index (κ1) is 25.0. The van der Waals surface area contributed by atoms with Gasteiger partial charge in [-0.3, -0.25) is 9.69 Å². The summed E-state index contributed by atoms with van der Waals surface area (Å²) in [6.07, 6.45) is 0.837. The molecule has 2 aromatic rings. The van der Waals surface area contributed by atoms with Crippen molar-refractivity contribution in [2.75, 3.05) is 37.7 Å². The van der Waals surface area contributed by atoms with Gasteiger partial charge in [-0.25, -0.2) is 4.79 Å². The number of carboxylic acids is 1. The van der Waals surface area contributed by atoms with E-state index in [1.165, 1.54) is 17.0 Å². The first-order chi connectivity index (χ1) is 15.7. The largest absolute Gasteiger partial charge is 0.508 e. The van der Waals surface area contributed by atoms with Crippen molar-refractivity contribution in [3.05, 3.63) is 45.9 Å². The van der Waals surface area contributed by atoms with Crippen LogP contribution in [0.25, 0.3) is 0 Å². The van der Waals surface area contributed by atoms with Crippen LogP contribution in [-0.2, 0) is 9.53 Å². The number of anilines is 1. The number of carbonyl (C=O) groups excluding carboxylic acids is 1. The third-order valence-corrected chi connectivity index (χ3v) is 6.02. The standard InChI is InChI=1S/C23H26Cl2N2O6/c1-3-14(2)17-12-16(4-5-20(17)28)33-22-18(24)10-15(11-19(22)25)27(13-21(29)30)23(31)26-6-8-32-9-7-26/h4-5,10-12,14,28H,3,6-9,13H2,1-2H3,(H,29,30). The maximum atomic E-state index is 13.0. The van der Waals surface area contributed by atoms with Gasteiger partial charge >= 0.3 is 12.0 Å². The average Bonchev–Trinajstić information content (AvgIpc) is 2.80. The number of urea groups is 1. The third kappa shape index (κ3) is 6.01. The summed E-state index contributed by atoms with van der Waals surface area (Å²) in [5.74, 6) is -0.276. The monoisotopic (exact) mass is 496 g/mol. The number of nitrogens with zero attached hydrogens (tertiary/aromatic N) is 2. The highest BCUT2D eigenvalue weighted by molar-refractivity contribution is 6.37. The van der Waals surface area contributed by atoms with Gasteiger partial charge in [0.2, 0.25) is 0 Å². The summed E-state index contributed by atoms with van der Waals surface area (Å²) in [5, 5.41) is 19.7. The van der Waals surface area contributed by atoms with Gasteiger partial charge in [0.05, 0.1) is 23.3 Å². The van der Waals surface area contributed by atoms with Gasteiger partial charge in [0.15, 0.2) is 5.75 Å². The fourth-order valence-electron chi connectivity index (χ4n) is 3.46. The number of phenols is 1. The summed E-state index contributed by atoms with van der Waals surface area (Å²) in [4.78, 5) is 27.1. The molecule has 2 N–H and O–H groups in total. The molecule has 1 unspecified atom stereocenters. The first-order valence-corrected chi connectivity index (χ1v) is 11.3. The van der Waals surface area contributed by atoms with E-state index in [-0.39, 0.29) is 33.1 Å². The van der Waals surface area contributed by atoms with E-state index in [1.807, 2.05) is 13.8 Å². The van der Waals surface area contributed by atoms with Gasteiger partial charge in [0.25, 0.3) is 0 Å². The molecule has 0 radical (unpaired) electrons. The Hall–Kier alpha value is -2.68. The van der Waals surface area contributed by atoms with Crippen LogP contribution in [0.3, 0.4) is 0 Å². The van der Waals surface area contributed by atoms with E-state index in [1.54, 1.807) is 18.2 Å². The molecule has 0 aromatic heterocycles. The summed E-state index contributed by atoms with van der Waals surface area (Å²) in [6, 6.07) is 7.28. The smallest absolute Gasteiger partial charge is 0.325 e. The Bertz CT molecular complexity index is 1000. The molecule has 33 heavy (non-hydrogen) atoms. The Morgan fingerprint density at radius 2 is 1.82 bits per heavy atom. The van der Waals surface area contributed by atoms with Crippen molar-refractivity contribution in [1.82, 2.24) is 4.90 Å². The molecule has 2 aromatic carbocycles. The molecule has 1 aliphatic rings. The van der Waals surface area contributed by atoms with Gasteiger partial charge in [-0.1, -0.05) is 37.0 Å². The number of hydrogen-bond acceptors (Lipinski definition) is 5. The lowest BCUT2D eigenvalue weighted by atomic mass is 9.97. The number of rotatable bonds is 7. The number of ether oxygens (including phenoxy) is 2. The minimum atomic E-state index is -1.18. The molecule has 2 amide bonds. The number of carboxylic acid groups (broad SMARTS) is 1. The van der Waals surface area contributed by atoms with E-state index in [0.717, 1.165) is 16.9 Å². The fourth-order valence-corrected chi connectivity index (χ4v) is 4.01. The summed E-state index contributed by atoms with van der Waals surface area (Å²) in [5.41, 5.74) is 0.977. The first-order valence-electron chi connectivity index (χ1n) is 10.6. The van der Waals surface area contributed by atoms with Crippen LogP contribution in [0.4, 0.5) is 10.5 Å². The molecular formula is C23H26Cl2N2O6. The molecule has 0 bridgehead atoms. The zero-order valence-corrected chi connectivity index (χ0v) is 19.9. The Kier molecular flexibility index (Phi) is 8.29. The van der Waals surface area contributed by atoms with Crippen LogP contribution in [-0.4, -0.2) is 60.0 Å². The second kappa shape index (κ2) is 11.0. The van der Waals surface area contributed by atoms with Crippen molar-refractivity contribution in [3.8, 4) is 17.2 Å². The van der Waals surface area contributed by atoms with Crippen molar-refractivity contribution in [1.29, 1.82) is 0 Å². The molecule has 1 aliphatic heterocycles. The van der Waals surface area contributed by atoms with Gasteiger partial charge in [-0.15, -0.1) is 0 Å². The van der Waals surface area contributed by atoms with Crippen LogP contribution in [0, 0.1) is 0 Å². The number of morpholine rings is 1. The van der Waals surface area contributed by atoms with Gasteiger partial charge in [0.1, 0.15) is 18.0 Å². The summed E-state index contributed by atoms with van der Waals surface area (Å²) >= 11 is 12.9. The van der Waals surface area contributed by atoms with Crippen LogP contribution in [0.15, 0.2) is 30.3 Å². The van der Waals surface area contributed by atoms with E-state index in [2.05, 4.69) is 0 Å². The Labute approximate surface area is 202 Å². The Morgan fingerprint density at radius 1 is 1.18 bits per heavy atom. The second-order valence-corrected chi connectivity index (χ2v) is 8.55. The molecule has 0 saturated carbocycles. The Balaban J connectivity index is 1.90. The lowest BCUT2D eigenvalue weighted by Gasteiger charge is -2.32. The highest BCUT2D eigenvalue weighted by atomic mass is 35.5. The number of halogens is 2. The highest BCUT2D eigenvalue weighted by Gasteiger charge is 2.27. The number of aromatic hydroxyl groups is 1. The fraction of sp³-hybridized carbons (Fsp3) is 0.391. The van der Waals surface area contributed by atoms with Gasteiger partial charge in [-0.2, -0.15) is 0 Å². The van der Waals surface area contributed by atoms with Crippen LogP contribution in [0.2, 0.25) is 10.0 Å². The van der Waals surface area contributed by atoms with E-state index in [4.69, 9.17) is 32.7 Å². The number of aliphatic carboxylic acids is 1. The molecule has 1 atom stereocenters. The number of amides is 2. The predicted octanol–water partition coefficient (Wildman–Crippen LogP) is 5.35. The number of hydrogen-bond donors (Lipinski definition) is 2. The van der Waals surface area contributed by atoms with Crippen molar-refractivity contribution < 1.29 is 29.3 Å². The highest BCUT2D eigenvalue weighted by Crippen LogP contribution is 2.41. The third-order valence-electron chi connectivity index (χ3n) is 5.46. The zero-order valence-electron chi connectivity index (χ0n) is 18.4. The number of benzene rings is 2. The van der Waals surface area contributed by atoms with Gasteiger partial charge < -0.3 is 24.6 Å². The zero-order chi connectivity index (χ0) is 24.1. The van der Waals surface area contributed by atoms with Crippen molar-refractivity contribution in [3.63, 3.8) is 0 Å². The van der Waals surface area contributed by atoms with Gasteiger partial charge in [-0.05, 0) is 42.7 Å². The molecule has 0 aliphatic carbocycles. The van der Waals surface area contributed by atoms with Crippen LogP contribution < -0.4 is 9.64 Å². The molecular weight excluding hydrogens is 471 g/mol. The van der Waals surface area contributed by atoms with Crippen molar-refractivity contribution in [2.24, 2.45) is 0 Å². The topological polar surface area (TPSA) is 99.5 Å². The minimum Gasteiger partial charge on any atom is -0.508 e. The van der Waals surface area contributed by atoms with E-state index in [9.17, 15) is 19.8 Å². The summed E-state index contributed by atoms with van der Waals surface area (Å²) in [6.45, 7) is 4.94. The lowest BCUT2D eigenvalue weighted by molar-refractivity contribution is -0.135. The maximum absolute atomic E-state index is 13.0. The summed E-state index contributed by atoms with van der Waals surface area (Å²) < 4.78 is 11.2. The molecule has 1 saturated heterocycles. The quantitative estimate of drug-likeness (QED) is 0.535. The van der Waals surface area contributed by atoms with Crippen molar-refractivity contribution in [2.45, 2.75) is 26.2 Å². The van der Waals surface area contributed by atoms with Crippen LogP contribution >= 0.6 is 23.2 Å². The molecule has 0 spiro atoms. The molecule has 8 nitrogen and oxygen atoms in total. The molecule has 1 heterocycles. The molecule has 10 heteroatoms. The molecule has 178 valence electrons.